The Morgan fingerprint density at radius 2 is 1.81 bits per heavy atom. The third-order valence-electron chi connectivity index (χ3n) is 3.95. The smallest absolute Gasteiger partial charge is 0.263 e. The van der Waals surface area contributed by atoms with Crippen LogP contribution in [0.3, 0.4) is 0 Å². The summed E-state index contributed by atoms with van der Waals surface area (Å²) in [6.45, 7) is 1.19. The minimum Gasteiger partial charge on any atom is -0.341 e. The van der Waals surface area contributed by atoms with E-state index in [0.29, 0.717) is 13.1 Å². The zero-order chi connectivity index (χ0) is 15.0. The fraction of sp³-hybridized carbons (Fsp3) is 0.400. The summed E-state index contributed by atoms with van der Waals surface area (Å²) in [5.41, 5.74) is 0.481. The highest BCUT2D eigenvalue weighted by Gasteiger charge is 2.38. The minimum absolute atomic E-state index is 0.180. The standard InChI is InChI=1S/C15H15ClN2O3/c16-11-6-4-5-10-13(11)15(21)18(14(10)20)9-12(19)17-7-2-1-3-8-17/h4-6H,1-3,7-9H2. The van der Waals surface area contributed by atoms with Crippen LogP contribution in [0, 0.1) is 0 Å². The molecule has 1 fully saturated rings. The van der Waals surface area contributed by atoms with E-state index in [-0.39, 0.29) is 28.6 Å². The highest BCUT2D eigenvalue weighted by molar-refractivity contribution is 6.37. The molecular formula is C15H15ClN2O3. The Morgan fingerprint density at radius 3 is 2.48 bits per heavy atom. The molecule has 0 aromatic heterocycles. The van der Waals surface area contributed by atoms with Crippen molar-refractivity contribution in [2.24, 2.45) is 0 Å². The van der Waals surface area contributed by atoms with Gasteiger partial charge >= 0.3 is 0 Å². The van der Waals surface area contributed by atoms with Crippen molar-refractivity contribution in [3.8, 4) is 0 Å². The van der Waals surface area contributed by atoms with Crippen molar-refractivity contribution < 1.29 is 14.4 Å². The van der Waals surface area contributed by atoms with Gasteiger partial charge in [-0.1, -0.05) is 17.7 Å². The molecule has 21 heavy (non-hydrogen) atoms. The van der Waals surface area contributed by atoms with Crippen LogP contribution in [0.2, 0.25) is 5.02 Å². The van der Waals surface area contributed by atoms with Crippen molar-refractivity contribution in [3.63, 3.8) is 0 Å². The zero-order valence-electron chi connectivity index (χ0n) is 11.5. The lowest BCUT2D eigenvalue weighted by Crippen LogP contribution is -2.44. The average Bonchev–Trinajstić information content (AvgIpc) is 2.74. The van der Waals surface area contributed by atoms with E-state index in [1.165, 1.54) is 0 Å². The third kappa shape index (κ3) is 2.42. The SMILES string of the molecule is O=C(CN1C(=O)c2cccc(Cl)c2C1=O)N1CCCCC1. The molecule has 0 saturated carbocycles. The third-order valence-corrected chi connectivity index (χ3v) is 4.27. The maximum Gasteiger partial charge on any atom is 0.263 e. The van der Waals surface area contributed by atoms with Gasteiger partial charge in [-0.25, -0.2) is 0 Å². The predicted molar refractivity (Wildman–Crippen MR) is 77.3 cm³/mol. The molecule has 0 atom stereocenters. The van der Waals surface area contributed by atoms with E-state index >= 15 is 0 Å². The minimum atomic E-state index is -0.481. The molecule has 5 nitrogen and oxygen atoms in total. The van der Waals surface area contributed by atoms with Crippen LogP contribution in [0.15, 0.2) is 18.2 Å². The summed E-state index contributed by atoms with van der Waals surface area (Å²) in [4.78, 5) is 39.5. The first-order valence-corrected chi connectivity index (χ1v) is 7.40. The molecule has 1 saturated heterocycles. The first-order valence-electron chi connectivity index (χ1n) is 7.02. The number of halogens is 1. The lowest BCUT2D eigenvalue weighted by atomic mass is 10.1. The monoisotopic (exact) mass is 306 g/mol. The second-order valence-electron chi connectivity index (χ2n) is 5.30. The van der Waals surface area contributed by atoms with Gasteiger partial charge in [0.15, 0.2) is 0 Å². The molecule has 2 aliphatic heterocycles. The average molecular weight is 307 g/mol. The van der Waals surface area contributed by atoms with Crippen LogP contribution in [-0.4, -0.2) is 47.2 Å². The van der Waals surface area contributed by atoms with Crippen LogP contribution in [0.5, 0.6) is 0 Å². The van der Waals surface area contributed by atoms with Gasteiger partial charge in [-0.2, -0.15) is 0 Å². The van der Waals surface area contributed by atoms with E-state index in [4.69, 9.17) is 11.6 Å². The van der Waals surface area contributed by atoms with Crippen LogP contribution in [0.1, 0.15) is 40.0 Å². The molecule has 0 unspecified atom stereocenters. The molecule has 2 aliphatic rings. The van der Waals surface area contributed by atoms with Gasteiger partial charge in [0.05, 0.1) is 16.1 Å². The summed E-state index contributed by atoms with van der Waals surface area (Å²) in [6, 6.07) is 4.76. The van der Waals surface area contributed by atoms with Crippen LogP contribution < -0.4 is 0 Å². The van der Waals surface area contributed by atoms with Crippen LogP contribution in [0.25, 0.3) is 0 Å². The normalized spacial score (nSPS) is 18.1. The molecule has 3 amide bonds. The molecule has 0 aliphatic carbocycles. The van der Waals surface area contributed by atoms with E-state index in [1.54, 1.807) is 23.1 Å². The van der Waals surface area contributed by atoms with Crippen molar-refractivity contribution in [3.05, 3.63) is 34.3 Å². The number of hydrogen-bond donors (Lipinski definition) is 0. The lowest BCUT2D eigenvalue weighted by Gasteiger charge is -2.28. The van der Waals surface area contributed by atoms with E-state index in [9.17, 15) is 14.4 Å². The maximum atomic E-state index is 12.3. The molecule has 110 valence electrons. The first kappa shape index (κ1) is 14.1. The Bertz CT molecular complexity index is 623. The van der Waals surface area contributed by atoms with Gasteiger partial charge in [0.25, 0.3) is 11.8 Å². The molecule has 0 N–H and O–H groups in total. The Balaban J connectivity index is 1.79. The number of likely N-dealkylation sites (tertiary alicyclic amines) is 1. The number of fused-ring (bicyclic) bond motifs is 1. The molecule has 0 radical (unpaired) electrons. The summed E-state index contributed by atoms with van der Waals surface area (Å²) < 4.78 is 0. The first-order chi connectivity index (χ1) is 10.1. The van der Waals surface area contributed by atoms with Gasteiger partial charge in [-0.05, 0) is 31.4 Å². The number of carbonyl (C=O) groups excluding carboxylic acids is 3. The fourth-order valence-electron chi connectivity index (χ4n) is 2.81. The molecule has 2 heterocycles. The number of imide groups is 1. The number of nitrogens with zero attached hydrogens (tertiary/aromatic N) is 2. The molecule has 0 spiro atoms. The van der Waals surface area contributed by atoms with Crippen LogP contribution in [0.4, 0.5) is 0 Å². The van der Waals surface area contributed by atoms with E-state index < -0.39 is 11.8 Å². The van der Waals surface area contributed by atoms with Crippen molar-refractivity contribution in [1.82, 2.24) is 9.80 Å². The number of benzene rings is 1. The van der Waals surface area contributed by atoms with Gasteiger partial charge in [0.1, 0.15) is 6.54 Å². The summed E-state index contributed by atoms with van der Waals surface area (Å²) in [6.07, 6.45) is 3.06. The molecular weight excluding hydrogens is 292 g/mol. The molecule has 1 aromatic rings. The lowest BCUT2D eigenvalue weighted by molar-refractivity contribution is -0.132. The predicted octanol–water partition coefficient (Wildman–Crippen LogP) is 1.95. The number of hydrogen-bond acceptors (Lipinski definition) is 3. The molecule has 1 aromatic carbocycles. The Labute approximate surface area is 127 Å². The maximum absolute atomic E-state index is 12.3. The number of rotatable bonds is 2. The van der Waals surface area contributed by atoms with Crippen LogP contribution >= 0.6 is 11.6 Å². The van der Waals surface area contributed by atoms with Gasteiger partial charge in [0.2, 0.25) is 5.91 Å². The van der Waals surface area contributed by atoms with Gasteiger partial charge in [-0.15, -0.1) is 0 Å². The van der Waals surface area contributed by atoms with Crippen LogP contribution in [-0.2, 0) is 4.79 Å². The van der Waals surface area contributed by atoms with E-state index in [2.05, 4.69) is 0 Å². The molecule has 3 rings (SSSR count). The fourth-order valence-corrected chi connectivity index (χ4v) is 3.07. The topological polar surface area (TPSA) is 57.7 Å². The number of carbonyl (C=O) groups is 3. The summed E-state index contributed by atoms with van der Waals surface area (Å²) in [7, 11) is 0. The second-order valence-corrected chi connectivity index (χ2v) is 5.71. The van der Waals surface area contributed by atoms with E-state index in [1.807, 2.05) is 0 Å². The van der Waals surface area contributed by atoms with E-state index in [0.717, 1.165) is 24.2 Å². The highest BCUT2D eigenvalue weighted by Crippen LogP contribution is 2.29. The van der Waals surface area contributed by atoms with Gasteiger partial charge in [0, 0.05) is 13.1 Å². The van der Waals surface area contributed by atoms with Gasteiger partial charge < -0.3 is 4.90 Å². The number of piperidine rings is 1. The van der Waals surface area contributed by atoms with Crippen molar-refractivity contribution in [2.45, 2.75) is 19.3 Å². The van der Waals surface area contributed by atoms with Gasteiger partial charge in [-0.3, -0.25) is 19.3 Å². The highest BCUT2D eigenvalue weighted by atomic mass is 35.5. The second kappa shape index (κ2) is 5.48. The Kier molecular flexibility index (Phi) is 3.68. The Hall–Kier alpha value is -1.88. The molecule has 6 heteroatoms. The summed E-state index contributed by atoms with van der Waals surface area (Å²) in [5.74, 6) is -1.10. The largest absolute Gasteiger partial charge is 0.341 e. The number of amides is 3. The van der Waals surface area contributed by atoms with Crippen molar-refractivity contribution >= 4 is 29.3 Å². The quantitative estimate of drug-likeness (QED) is 0.785. The zero-order valence-corrected chi connectivity index (χ0v) is 12.2. The van der Waals surface area contributed by atoms with Crippen molar-refractivity contribution in [2.75, 3.05) is 19.6 Å². The van der Waals surface area contributed by atoms with Crippen molar-refractivity contribution in [1.29, 1.82) is 0 Å². The molecule has 0 bridgehead atoms. The summed E-state index contributed by atoms with van der Waals surface area (Å²) >= 11 is 5.99. The summed E-state index contributed by atoms with van der Waals surface area (Å²) in [5, 5.41) is 0.249. The Morgan fingerprint density at radius 1 is 1.10 bits per heavy atom.